The largest absolute Gasteiger partial charge is 0.497 e. The fraction of sp³-hybridized carbons (Fsp3) is 0.481. The summed E-state index contributed by atoms with van der Waals surface area (Å²) in [6, 6.07) is 10.1. The molecule has 2 aliphatic heterocycles. The van der Waals surface area contributed by atoms with Crippen molar-refractivity contribution in [2.45, 2.75) is 38.9 Å². The van der Waals surface area contributed by atoms with Crippen molar-refractivity contribution in [3.63, 3.8) is 0 Å². The molecule has 9 heteroatoms. The third-order valence-corrected chi connectivity index (χ3v) is 6.87. The molecule has 1 aromatic heterocycles. The number of benzene rings is 1. The van der Waals surface area contributed by atoms with E-state index in [1.807, 2.05) is 47.9 Å². The number of amides is 3. The monoisotopic (exact) mass is 493 g/mol. The first-order valence-electron chi connectivity index (χ1n) is 12.5. The Hall–Kier alpha value is -3.46. The normalized spacial score (nSPS) is 19.9. The van der Waals surface area contributed by atoms with Gasteiger partial charge in [-0.15, -0.1) is 0 Å². The van der Waals surface area contributed by atoms with Crippen LogP contribution < -0.4 is 10.1 Å². The van der Waals surface area contributed by atoms with E-state index < -0.39 is 6.04 Å². The molecular weight excluding hydrogens is 458 g/mol. The molecule has 0 radical (unpaired) electrons. The van der Waals surface area contributed by atoms with E-state index in [1.165, 1.54) is 6.20 Å². The van der Waals surface area contributed by atoms with Crippen molar-refractivity contribution in [1.29, 1.82) is 0 Å². The average Bonchev–Trinajstić information content (AvgIpc) is 3.36. The number of pyridine rings is 1. The molecule has 9 nitrogen and oxygen atoms in total. The molecule has 3 amide bonds. The highest BCUT2D eigenvalue weighted by Gasteiger charge is 2.45. The molecule has 2 unspecified atom stereocenters. The number of hydrogen-bond acceptors (Lipinski definition) is 6. The minimum absolute atomic E-state index is 0.00753. The lowest BCUT2D eigenvalue weighted by Gasteiger charge is -2.32. The molecule has 3 heterocycles. The molecule has 0 spiro atoms. The van der Waals surface area contributed by atoms with E-state index in [0.717, 1.165) is 24.4 Å². The highest BCUT2D eigenvalue weighted by atomic mass is 16.5. The minimum Gasteiger partial charge on any atom is -0.497 e. The lowest BCUT2D eigenvalue weighted by molar-refractivity contribution is -0.138. The smallest absolute Gasteiger partial charge is 0.256 e. The lowest BCUT2D eigenvalue weighted by atomic mass is 10.0. The number of methoxy groups -OCH3 is 1. The first-order chi connectivity index (χ1) is 17.4. The van der Waals surface area contributed by atoms with Gasteiger partial charge >= 0.3 is 0 Å². The Morgan fingerprint density at radius 2 is 1.94 bits per heavy atom. The Morgan fingerprint density at radius 1 is 1.17 bits per heavy atom. The van der Waals surface area contributed by atoms with Crippen molar-refractivity contribution < 1.29 is 19.1 Å². The molecule has 2 aromatic rings. The first-order valence-corrected chi connectivity index (χ1v) is 12.5. The molecule has 36 heavy (non-hydrogen) atoms. The molecule has 1 aromatic carbocycles. The molecule has 192 valence electrons. The Labute approximate surface area is 212 Å². The van der Waals surface area contributed by atoms with Crippen LogP contribution in [0.2, 0.25) is 0 Å². The van der Waals surface area contributed by atoms with Crippen LogP contribution >= 0.6 is 0 Å². The molecule has 2 saturated heterocycles. The molecule has 2 fully saturated rings. The van der Waals surface area contributed by atoms with Gasteiger partial charge in [-0.2, -0.15) is 0 Å². The summed E-state index contributed by atoms with van der Waals surface area (Å²) in [6.45, 7) is 7.08. The van der Waals surface area contributed by atoms with E-state index in [-0.39, 0.29) is 29.7 Å². The second-order valence-electron chi connectivity index (χ2n) is 9.65. The van der Waals surface area contributed by atoms with Crippen molar-refractivity contribution in [3.8, 4) is 5.75 Å². The molecular formula is C27H35N5O4. The zero-order valence-corrected chi connectivity index (χ0v) is 21.2. The maximum absolute atomic E-state index is 13.6. The third-order valence-electron chi connectivity index (χ3n) is 6.87. The fourth-order valence-corrected chi connectivity index (χ4v) is 4.94. The summed E-state index contributed by atoms with van der Waals surface area (Å²) in [5.74, 6) is 0.191. The number of nitrogens with one attached hydrogen (secondary N) is 1. The van der Waals surface area contributed by atoms with E-state index in [1.54, 1.807) is 30.3 Å². The van der Waals surface area contributed by atoms with Crippen LogP contribution in [-0.4, -0.2) is 89.3 Å². The van der Waals surface area contributed by atoms with Gasteiger partial charge in [-0.25, -0.2) is 0 Å². The highest BCUT2D eigenvalue weighted by Crippen LogP contribution is 2.29. The van der Waals surface area contributed by atoms with Crippen molar-refractivity contribution in [2.75, 3.05) is 39.8 Å². The van der Waals surface area contributed by atoms with Gasteiger partial charge in [0, 0.05) is 57.6 Å². The van der Waals surface area contributed by atoms with Crippen LogP contribution in [0.5, 0.6) is 5.75 Å². The molecule has 0 aliphatic carbocycles. The summed E-state index contributed by atoms with van der Waals surface area (Å²) in [6.07, 6.45) is 3.54. The lowest BCUT2D eigenvalue weighted by Crippen LogP contribution is -2.53. The Kier molecular flexibility index (Phi) is 8.20. The molecule has 4 rings (SSSR count). The third kappa shape index (κ3) is 5.67. The van der Waals surface area contributed by atoms with Crippen LogP contribution in [0.15, 0.2) is 48.8 Å². The molecule has 1 N–H and O–H groups in total. The number of hydrogen-bond donors (Lipinski definition) is 1. The standard InChI is InChI=1S/C27H35N5O4/c1-19(2)25(33)31(17-20-6-4-8-23(14-20)36-3)22-15-24(27(35)30-12-10-28-11-13-30)32(18-22)26(34)21-7-5-9-29-16-21/h4-9,14,16,19,22,24,28H,10-13,15,17-18H2,1-3H3. The number of nitrogens with zero attached hydrogens (tertiary/aromatic N) is 4. The second-order valence-corrected chi connectivity index (χ2v) is 9.65. The van der Waals surface area contributed by atoms with Gasteiger partial charge in [-0.3, -0.25) is 19.4 Å². The van der Waals surface area contributed by atoms with E-state index in [4.69, 9.17) is 4.74 Å². The average molecular weight is 494 g/mol. The van der Waals surface area contributed by atoms with E-state index >= 15 is 0 Å². The summed E-state index contributed by atoms with van der Waals surface area (Å²) < 4.78 is 5.37. The van der Waals surface area contributed by atoms with Gasteiger partial charge < -0.3 is 24.8 Å². The van der Waals surface area contributed by atoms with Gasteiger partial charge in [-0.1, -0.05) is 26.0 Å². The van der Waals surface area contributed by atoms with Crippen molar-refractivity contribution in [2.24, 2.45) is 5.92 Å². The zero-order chi connectivity index (χ0) is 25.7. The van der Waals surface area contributed by atoms with Crippen LogP contribution in [0.25, 0.3) is 0 Å². The molecule has 2 aliphatic rings. The quantitative estimate of drug-likeness (QED) is 0.632. The predicted molar refractivity (Wildman–Crippen MR) is 135 cm³/mol. The number of likely N-dealkylation sites (tertiary alicyclic amines) is 1. The highest BCUT2D eigenvalue weighted by molar-refractivity contribution is 5.98. The van der Waals surface area contributed by atoms with Crippen LogP contribution in [0, 0.1) is 5.92 Å². The maximum atomic E-state index is 13.6. The Morgan fingerprint density at radius 3 is 2.61 bits per heavy atom. The van der Waals surface area contributed by atoms with Gasteiger partial charge in [0.15, 0.2) is 0 Å². The molecule has 2 atom stereocenters. The van der Waals surface area contributed by atoms with Gasteiger partial charge in [-0.05, 0) is 36.2 Å². The van der Waals surface area contributed by atoms with Crippen LogP contribution in [0.3, 0.4) is 0 Å². The molecule has 0 bridgehead atoms. The predicted octanol–water partition coefficient (Wildman–Crippen LogP) is 1.79. The Balaban J connectivity index is 1.64. The summed E-state index contributed by atoms with van der Waals surface area (Å²) in [7, 11) is 1.61. The maximum Gasteiger partial charge on any atom is 0.256 e. The number of aromatic nitrogens is 1. The van der Waals surface area contributed by atoms with Gasteiger partial charge in [0.2, 0.25) is 11.8 Å². The fourth-order valence-electron chi connectivity index (χ4n) is 4.94. The summed E-state index contributed by atoms with van der Waals surface area (Å²) >= 11 is 0. The number of ether oxygens (including phenoxy) is 1. The Bertz CT molecular complexity index is 1070. The number of carbonyl (C=O) groups excluding carboxylic acids is 3. The van der Waals surface area contributed by atoms with Crippen molar-refractivity contribution in [1.82, 2.24) is 25.0 Å². The van der Waals surface area contributed by atoms with Crippen molar-refractivity contribution in [3.05, 3.63) is 59.9 Å². The SMILES string of the molecule is COc1cccc(CN(C(=O)C(C)C)C2CC(C(=O)N3CCNCC3)N(C(=O)c3cccnc3)C2)c1. The number of piperazine rings is 1. The number of rotatable bonds is 7. The second kappa shape index (κ2) is 11.5. The van der Waals surface area contributed by atoms with Gasteiger partial charge in [0.1, 0.15) is 11.8 Å². The van der Waals surface area contributed by atoms with E-state index in [2.05, 4.69) is 10.3 Å². The topological polar surface area (TPSA) is 95.1 Å². The van der Waals surface area contributed by atoms with E-state index in [0.29, 0.717) is 38.2 Å². The van der Waals surface area contributed by atoms with Gasteiger partial charge in [0.25, 0.3) is 5.91 Å². The summed E-state index contributed by atoms with van der Waals surface area (Å²) in [5.41, 5.74) is 1.37. The summed E-state index contributed by atoms with van der Waals surface area (Å²) in [4.78, 5) is 49.9. The minimum atomic E-state index is -0.631. The van der Waals surface area contributed by atoms with Crippen molar-refractivity contribution >= 4 is 17.7 Å². The molecule has 0 saturated carbocycles. The van der Waals surface area contributed by atoms with Crippen LogP contribution in [-0.2, 0) is 16.1 Å². The van der Waals surface area contributed by atoms with Crippen LogP contribution in [0.1, 0.15) is 36.2 Å². The van der Waals surface area contributed by atoms with E-state index in [9.17, 15) is 14.4 Å². The first kappa shape index (κ1) is 25.6. The van der Waals surface area contributed by atoms with Gasteiger partial charge in [0.05, 0.1) is 18.7 Å². The number of carbonyl (C=O) groups is 3. The van der Waals surface area contributed by atoms with Crippen LogP contribution in [0.4, 0.5) is 0 Å². The summed E-state index contributed by atoms with van der Waals surface area (Å²) in [5, 5.41) is 3.27. The zero-order valence-electron chi connectivity index (χ0n) is 21.2.